The number of hydrogen-bond donors (Lipinski definition) is 1. The quantitative estimate of drug-likeness (QED) is 0.736. The number of rotatable bonds is 1. The third-order valence-electron chi connectivity index (χ3n) is 2.44. The largest absolute Gasteiger partial charge is 0.418 e. The molecule has 1 aromatic carbocycles. The Labute approximate surface area is 90.0 Å². The van der Waals surface area contributed by atoms with Gasteiger partial charge in [0.1, 0.15) is 0 Å². The number of hydrogen-bond acceptors (Lipinski definition) is 1. The summed E-state index contributed by atoms with van der Waals surface area (Å²) < 4.78 is 38.1. The lowest BCUT2D eigenvalue weighted by Gasteiger charge is -2.14. The summed E-state index contributed by atoms with van der Waals surface area (Å²) in [5, 5.41) is -0.301. The van der Waals surface area contributed by atoms with Crippen LogP contribution in [0.3, 0.4) is 0 Å². The van der Waals surface area contributed by atoms with Crippen LogP contribution in [0.1, 0.15) is 29.9 Å². The fourth-order valence-electron chi connectivity index (χ4n) is 1.67. The molecule has 1 nitrogen and oxygen atoms in total. The minimum Gasteiger partial charge on any atom is -0.399 e. The van der Waals surface area contributed by atoms with Crippen LogP contribution >= 0.6 is 11.6 Å². The van der Waals surface area contributed by atoms with Crippen LogP contribution in [0.5, 0.6) is 0 Å². The summed E-state index contributed by atoms with van der Waals surface area (Å²) in [5.74, 6) is -0.0253. The molecule has 0 unspecified atom stereocenters. The monoisotopic (exact) mass is 235 g/mol. The van der Waals surface area contributed by atoms with Crippen LogP contribution in [-0.2, 0) is 6.18 Å². The first-order valence-corrected chi connectivity index (χ1v) is 4.93. The van der Waals surface area contributed by atoms with Gasteiger partial charge in [-0.05, 0) is 36.5 Å². The second-order valence-electron chi connectivity index (χ2n) is 3.74. The second kappa shape index (κ2) is 3.30. The number of nitrogen functional groups attached to an aromatic ring is 1. The second-order valence-corrected chi connectivity index (χ2v) is 4.15. The molecule has 0 amide bonds. The first-order valence-electron chi connectivity index (χ1n) is 4.55. The standard InChI is InChI=1S/C10H9ClF3N/c11-8-4-6(15)3-7(5-1-2-5)9(8)10(12,13)14/h3-5H,1-2,15H2. The van der Waals surface area contributed by atoms with Gasteiger partial charge in [-0.2, -0.15) is 13.2 Å². The smallest absolute Gasteiger partial charge is 0.399 e. The molecular weight excluding hydrogens is 227 g/mol. The van der Waals surface area contributed by atoms with Crippen molar-refractivity contribution in [2.45, 2.75) is 24.9 Å². The van der Waals surface area contributed by atoms with E-state index < -0.39 is 11.7 Å². The van der Waals surface area contributed by atoms with Crippen LogP contribution in [-0.4, -0.2) is 0 Å². The normalized spacial score (nSPS) is 16.8. The summed E-state index contributed by atoms with van der Waals surface area (Å²) in [7, 11) is 0. The Bertz CT molecular complexity index is 396. The fourth-order valence-corrected chi connectivity index (χ4v) is 2.01. The van der Waals surface area contributed by atoms with E-state index in [0.29, 0.717) is 0 Å². The Balaban J connectivity index is 2.59. The molecule has 0 aromatic heterocycles. The Hall–Kier alpha value is -0.900. The highest BCUT2D eigenvalue weighted by Crippen LogP contribution is 2.48. The molecule has 1 aromatic rings. The zero-order valence-corrected chi connectivity index (χ0v) is 8.49. The Morgan fingerprint density at radius 2 is 1.87 bits per heavy atom. The van der Waals surface area contributed by atoms with Crippen LogP contribution in [0.25, 0.3) is 0 Å². The van der Waals surface area contributed by atoms with Gasteiger partial charge in [0, 0.05) is 5.69 Å². The van der Waals surface area contributed by atoms with Crippen LogP contribution in [0, 0.1) is 0 Å². The van der Waals surface area contributed by atoms with E-state index in [1.165, 1.54) is 6.07 Å². The van der Waals surface area contributed by atoms with Crippen molar-refractivity contribution in [3.05, 3.63) is 28.3 Å². The Kier molecular flexibility index (Phi) is 2.34. The molecule has 1 aliphatic rings. The molecule has 15 heavy (non-hydrogen) atoms. The number of anilines is 1. The summed E-state index contributed by atoms with van der Waals surface area (Å²) in [6.45, 7) is 0. The molecule has 0 bridgehead atoms. The van der Waals surface area contributed by atoms with Gasteiger partial charge >= 0.3 is 6.18 Å². The SMILES string of the molecule is Nc1cc(Cl)c(C(F)(F)F)c(C2CC2)c1. The molecule has 1 fully saturated rings. The van der Waals surface area contributed by atoms with E-state index in [1.807, 2.05) is 0 Å². The lowest BCUT2D eigenvalue weighted by molar-refractivity contribution is -0.138. The van der Waals surface area contributed by atoms with Crippen LogP contribution in [0.2, 0.25) is 5.02 Å². The third kappa shape index (κ3) is 2.04. The molecule has 0 radical (unpaired) electrons. The van der Waals surface area contributed by atoms with Gasteiger partial charge in [-0.15, -0.1) is 0 Å². The first kappa shape index (κ1) is 10.6. The minimum atomic E-state index is -4.40. The number of alkyl halides is 3. The molecule has 1 saturated carbocycles. The molecule has 0 heterocycles. The molecule has 2 N–H and O–H groups in total. The van der Waals surface area contributed by atoms with Crippen LogP contribution < -0.4 is 5.73 Å². The third-order valence-corrected chi connectivity index (χ3v) is 2.74. The highest BCUT2D eigenvalue weighted by atomic mass is 35.5. The van der Waals surface area contributed by atoms with Crippen molar-refractivity contribution in [3.8, 4) is 0 Å². The van der Waals surface area contributed by atoms with E-state index in [1.54, 1.807) is 0 Å². The Morgan fingerprint density at radius 3 is 2.33 bits per heavy atom. The van der Waals surface area contributed by atoms with E-state index in [2.05, 4.69) is 0 Å². The highest BCUT2D eigenvalue weighted by Gasteiger charge is 2.40. The van der Waals surface area contributed by atoms with Gasteiger partial charge in [-0.1, -0.05) is 11.6 Å². The van der Waals surface area contributed by atoms with E-state index in [-0.39, 0.29) is 22.2 Å². The zero-order valence-electron chi connectivity index (χ0n) is 7.74. The first-order chi connectivity index (χ1) is 6.89. The van der Waals surface area contributed by atoms with Crippen molar-refractivity contribution in [1.29, 1.82) is 0 Å². The maximum Gasteiger partial charge on any atom is 0.418 e. The minimum absolute atomic E-state index is 0.0253. The molecular formula is C10H9ClF3N. The summed E-state index contributed by atoms with van der Waals surface area (Å²) in [6, 6.07) is 2.53. The number of nitrogens with two attached hydrogens (primary N) is 1. The molecule has 0 spiro atoms. The van der Waals surface area contributed by atoms with E-state index in [0.717, 1.165) is 18.9 Å². The summed E-state index contributed by atoms with van der Waals surface area (Å²) in [6.07, 6.45) is -2.84. The maximum absolute atomic E-state index is 12.7. The average molecular weight is 236 g/mol. The Morgan fingerprint density at radius 1 is 1.27 bits per heavy atom. The summed E-state index contributed by atoms with van der Waals surface area (Å²) in [5.41, 5.74) is 5.29. The van der Waals surface area contributed by atoms with Gasteiger partial charge in [-0.25, -0.2) is 0 Å². The van der Waals surface area contributed by atoms with Crippen molar-refractivity contribution in [2.75, 3.05) is 5.73 Å². The van der Waals surface area contributed by atoms with E-state index in [4.69, 9.17) is 17.3 Å². The lowest BCUT2D eigenvalue weighted by atomic mass is 10.0. The average Bonchev–Trinajstić information content (AvgIpc) is 2.80. The van der Waals surface area contributed by atoms with Crippen molar-refractivity contribution >= 4 is 17.3 Å². The number of halogens is 4. The molecule has 2 rings (SSSR count). The van der Waals surface area contributed by atoms with Crippen molar-refractivity contribution < 1.29 is 13.2 Å². The van der Waals surface area contributed by atoms with Crippen molar-refractivity contribution in [1.82, 2.24) is 0 Å². The molecule has 0 aliphatic heterocycles. The van der Waals surface area contributed by atoms with Gasteiger partial charge in [0.05, 0.1) is 10.6 Å². The maximum atomic E-state index is 12.7. The predicted octanol–water partition coefficient (Wildman–Crippen LogP) is 3.82. The molecule has 0 saturated heterocycles. The van der Waals surface area contributed by atoms with Gasteiger partial charge in [0.15, 0.2) is 0 Å². The van der Waals surface area contributed by atoms with E-state index in [9.17, 15) is 13.2 Å². The predicted molar refractivity (Wildman–Crippen MR) is 52.8 cm³/mol. The zero-order chi connectivity index (χ0) is 11.2. The van der Waals surface area contributed by atoms with Gasteiger partial charge < -0.3 is 5.73 Å². The lowest BCUT2D eigenvalue weighted by Crippen LogP contribution is -2.10. The van der Waals surface area contributed by atoms with E-state index >= 15 is 0 Å². The van der Waals surface area contributed by atoms with Crippen molar-refractivity contribution in [2.24, 2.45) is 0 Å². The van der Waals surface area contributed by atoms with Gasteiger partial charge in [-0.3, -0.25) is 0 Å². The topological polar surface area (TPSA) is 26.0 Å². The van der Waals surface area contributed by atoms with Gasteiger partial charge in [0.2, 0.25) is 0 Å². The fraction of sp³-hybridized carbons (Fsp3) is 0.400. The molecule has 82 valence electrons. The summed E-state index contributed by atoms with van der Waals surface area (Å²) in [4.78, 5) is 0. The highest BCUT2D eigenvalue weighted by molar-refractivity contribution is 6.31. The molecule has 0 atom stereocenters. The van der Waals surface area contributed by atoms with Crippen molar-refractivity contribution in [3.63, 3.8) is 0 Å². The van der Waals surface area contributed by atoms with Crippen LogP contribution in [0.4, 0.5) is 18.9 Å². The van der Waals surface area contributed by atoms with Crippen LogP contribution in [0.15, 0.2) is 12.1 Å². The van der Waals surface area contributed by atoms with Gasteiger partial charge in [0.25, 0.3) is 0 Å². The molecule has 5 heteroatoms. The number of benzene rings is 1. The molecule has 1 aliphatic carbocycles. The summed E-state index contributed by atoms with van der Waals surface area (Å²) >= 11 is 5.59.